The lowest BCUT2D eigenvalue weighted by atomic mass is 10.0. The van der Waals surface area contributed by atoms with Crippen LogP contribution in [-0.4, -0.2) is 24.1 Å². The summed E-state index contributed by atoms with van der Waals surface area (Å²) >= 11 is 0. The van der Waals surface area contributed by atoms with Crippen molar-refractivity contribution in [2.75, 3.05) is 0 Å². The second kappa shape index (κ2) is 6.06. The number of sulfone groups is 1. The summed E-state index contributed by atoms with van der Waals surface area (Å²) in [5, 5.41) is 11.0. The number of hydrogen-bond donors (Lipinski definition) is 1. The summed E-state index contributed by atoms with van der Waals surface area (Å²) in [5.41, 5.74) is 3.75. The van der Waals surface area contributed by atoms with E-state index in [1.54, 1.807) is 34.9 Å². The third-order valence-electron chi connectivity index (χ3n) is 4.90. The number of carboxylic acid groups (broad SMARTS) is 1. The Morgan fingerprint density at radius 1 is 1.19 bits per heavy atom. The average Bonchev–Trinajstić information content (AvgIpc) is 3.03. The molecule has 0 bridgehead atoms. The van der Waals surface area contributed by atoms with Crippen LogP contribution in [0, 0.1) is 12.7 Å². The van der Waals surface area contributed by atoms with Crippen LogP contribution < -0.4 is 0 Å². The van der Waals surface area contributed by atoms with E-state index in [-0.39, 0.29) is 17.3 Å². The van der Waals surface area contributed by atoms with Crippen molar-refractivity contribution < 1.29 is 22.7 Å². The summed E-state index contributed by atoms with van der Waals surface area (Å²) in [5.74, 6) is -1.36. The highest BCUT2D eigenvalue weighted by atomic mass is 32.2. The third kappa shape index (κ3) is 2.94. The number of carbonyl (C=O) groups is 1. The van der Waals surface area contributed by atoms with Gasteiger partial charge in [-0.15, -0.1) is 0 Å². The van der Waals surface area contributed by atoms with Gasteiger partial charge in [0.25, 0.3) is 0 Å². The predicted molar refractivity (Wildman–Crippen MR) is 99.7 cm³/mol. The van der Waals surface area contributed by atoms with Gasteiger partial charge in [-0.3, -0.25) is 4.79 Å². The number of rotatable bonds is 4. The number of halogens is 1. The normalized spacial score (nSPS) is 14.6. The van der Waals surface area contributed by atoms with Crippen molar-refractivity contribution in [3.63, 3.8) is 0 Å². The fraction of sp³-hybridized carbons (Fsp3) is 0.150. The molecule has 0 aliphatic carbocycles. The Morgan fingerprint density at radius 2 is 1.96 bits per heavy atom. The predicted octanol–water partition coefficient (Wildman–Crippen LogP) is 3.52. The van der Waals surface area contributed by atoms with E-state index in [2.05, 4.69) is 0 Å². The Morgan fingerprint density at radius 3 is 2.70 bits per heavy atom. The molecule has 1 aliphatic heterocycles. The lowest BCUT2D eigenvalue weighted by molar-refractivity contribution is -0.137. The van der Waals surface area contributed by atoms with Crippen LogP contribution in [0.5, 0.6) is 0 Å². The lowest BCUT2D eigenvalue weighted by Crippen LogP contribution is -2.10. The second-order valence-corrected chi connectivity index (χ2v) is 8.40. The largest absolute Gasteiger partial charge is 0.480 e. The molecule has 4 rings (SSSR count). The van der Waals surface area contributed by atoms with Gasteiger partial charge < -0.3 is 9.67 Å². The van der Waals surface area contributed by atoms with Crippen LogP contribution in [0.3, 0.4) is 0 Å². The summed E-state index contributed by atoms with van der Waals surface area (Å²) in [6, 6.07) is 9.43. The Bertz CT molecular complexity index is 1240. The Labute approximate surface area is 155 Å². The zero-order valence-corrected chi connectivity index (χ0v) is 15.3. The van der Waals surface area contributed by atoms with Crippen LogP contribution in [0.25, 0.3) is 17.0 Å². The van der Waals surface area contributed by atoms with Gasteiger partial charge in [0.15, 0.2) is 9.84 Å². The van der Waals surface area contributed by atoms with E-state index in [1.807, 2.05) is 6.92 Å². The van der Waals surface area contributed by atoms with E-state index in [0.717, 1.165) is 16.8 Å². The highest BCUT2D eigenvalue weighted by Gasteiger charge is 2.22. The smallest absolute Gasteiger partial charge is 0.323 e. The van der Waals surface area contributed by atoms with Crippen molar-refractivity contribution >= 4 is 32.8 Å². The number of aliphatic carboxylic acids is 1. The molecule has 2 heterocycles. The number of benzene rings is 2. The molecule has 5 nitrogen and oxygen atoms in total. The average molecular weight is 385 g/mol. The van der Waals surface area contributed by atoms with Gasteiger partial charge in [-0.25, -0.2) is 12.8 Å². The number of carboxylic acids is 1. The van der Waals surface area contributed by atoms with Gasteiger partial charge >= 0.3 is 5.97 Å². The van der Waals surface area contributed by atoms with E-state index in [1.165, 1.54) is 17.5 Å². The van der Waals surface area contributed by atoms with Crippen molar-refractivity contribution in [1.82, 2.24) is 4.57 Å². The first kappa shape index (κ1) is 17.5. The van der Waals surface area contributed by atoms with Crippen LogP contribution in [0.1, 0.15) is 22.4 Å². The van der Waals surface area contributed by atoms with Gasteiger partial charge in [0.2, 0.25) is 0 Å². The molecule has 0 spiro atoms. The molecule has 0 amide bonds. The third-order valence-corrected chi connectivity index (χ3v) is 6.38. The fourth-order valence-corrected chi connectivity index (χ4v) is 4.81. The van der Waals surface area contributed by atoms with Crippen molar-refractivity contribution in [3.05, 3.63) is 70.0 Å². The molecule has 7 heteroatoms. The van der Waals surface area contributed by atoms with Crippen LogP contribution in [-0.2, 0) is 27.6 Å². The molecule has 2 aromatic carbocycles. The molecule has 0 fully saturated rings. The van der Waals surface area contributed by atoms with Gasteiger partial charge in [0.05, 0.1) is 4.90 Å². The maximum absolute atomic E-state index is 13.8. The van der Waals surface area contributed by atoms with Crippen molar-refractivity contribution in [1.29, 1.82) is 0 Å². The van der Waals surface area contributed by atoms with Crippen molar-refractivity contribution in [3.8, 4) is 0 Å². The van der Waals surface area contributed by atoms with E-state index >= 15 is 0 Å². The summed E-state index contributed by atoms with van der Waals surface area (Å²) in [4.78, 5) is 11.5. The minimum Gasteiger partial charge on any atom is -0.480 e. The minimum atomic E-state index is -3.35. The summed E-state index contributed by atoms with van der Waals surface area (Å²) < 4.78 is 39.3. The molecule has 1 aliphatic rings. The van der Waals surface area contributed by atoms with E-state index in [4.69, 9.17) is 0 Å². The van der Waals surface area contributed by atoms with E-state index in [0.29, 0.717) is 22.9 Å². The molecule has 0 saturated carbocycles. The maximum atomic E-state index is 13.8. The lowest BCUT2D eigenvalue weighted by Gasteiger charge is -2.07. The molecule has 3 aromatic rings. The van der Waals surface area contributed by atoms with Gasteiger partial charge in [-0.2, -0.15) is 0 Å². The van der Waals surface area contributed by atoms with Gasteiger partial charge in [-0.1, -0.05) is 12.1 Å². The van der Waals surface area contributed by atoms with E-state index in [9.17, 15) is 22.7 Å². The molecule has 0 saturated heterocycles. The first-order valence-electron chi connectivity index (χ1n) is 8.31. The summed E-state index contributed by atoms with van der Waals surface area (Å²) in [6.45, 7) is 1.60. The summed E-state index contributed by atoms with van der Waals surface area (Å²) in [6.07, 6.45) is 2.01. The van der Waals surface area contributed by atoms with Crippen LogP contribution in [0.2, 0.25) is 0 Å². The SMILES string of the molecule is Cc1c(Cc2ccc3c(c2)C=CS3(=O)=O)c2cc(F)ccc2n1CC(=O)O. The number of aromatic nitrogens is 1. The number of nitrogens with zero attached hydrogens (tertiary/aromatic N) is 1. The monoisotopic (exact) mass is 385 g/mol. The van der Waals surface area contributed by atoms with Crippen LogP contribution >= 0.6 is 0 Å². The molecular weight excluding hydrogens is 369 g/mol. The van der Waals surface area contributed by atoms with Gasteiger partial charge in [0, 0.05) is 22.0 Å². The van der Waals surface area contributed by atoms with Crippen LogP contribution in [0.15, 0.2) is 46.7 Å². The topological polar surface area (TPSA) is 76.4 Å². The summed E-state index contributed by atoms with van der Waals surface area (Å²) in [7, 11) is -3.35. The molecule has 0 atom stereocenters. The number of hydrogen-bond acceptors (Lipinski definition) is 3. The van der Waals surface area contributed by atoms with Crippen molar-refractivity contribution in [2.45, 2.75) is 24.8 Å². The maximum Gasteiger partial charge on any atom is 0.323 e. The highest BCUT2D eigenvalue weighted by molar-refractivity contribution is 7.94. The number of fused-ring (bicyclic) bond motifs is 2. The van der Waals surface area contributed by atoms with Crippen molar-refractivity contribution in [2.24, 2.45) is 0 Å². The quantitative estimate of drug-likeness (QED) is 0.746. The van der Waals surface area contributed by atoms with Gasteiger partial charge in [-0.05, 0) is 60.4 Å². The first-order valence-corrected chi connectivity index (χ1v) is 9.86. The first-order chi connectivity index (χ1) is 12.8. The molecule has 138 valence electrons. The molecule has 0 unspecified atom stereocenters. The Balaban J connectivity index is 1.83. The molecule has 1 aromatic heterocycles. The Hall–Kier alpha value is -2.93. The van der Waals surface area contributed by atoms with E-state index < -0.39 is 15.8 Å². The minimum absolute atomic E-state index is 0.209. The molecule has 27 heavy (non-hydrogen) atoms. The zero-order valence-electron chi connectivity index (χ0n) is 14.4. The standard InChI is InChI=1S/C20H16FNO4S/c1-12-16(9-13-2-5-19-14(8-13)6-7-27(19,25)26)17-10-15(21)3-4-18(17)22(12)11-20(23)24/h2-8,10H,9,11H2,1H3,(H,23,24). The second-order valence-electron chi connectivity index (χ2n) is 6.60. The molecule has 1 N–H and O–H groups in total. The van der Waals surface area contributed by atoms with Crippen LogP contribution in [0.4, 0.5) is 4.39 Å². The zero-order chi connectivity index (χ0) is 19.3. The molecular formula is C20H16FNO4S. The fourth-order valence-electron chi connectivity index (χ4n) is 3.62. The Kier molecular flexibility index (Phi) is 3.92. The highest BCUT2D eigenvalue weighted by Crippen LogP contribution is 2.32. The van der Waals surface area contributed by atoms with Gasteiger partial charge in [0.1, 0.15) is 12.4 Å². The molecule has 0 radical (unpaired) electrons.